The lowest BCUT2D eigenvalue weighted by molar-refractivity contribution is -0.354. The minimum atomic E-state index is -6.81. The minimum absolute atomic E-state index is 0.0185. The molecule has 2 rings (SSSR count). The molecule has 1 atom stereocenters. The molecule has 2 aromatic carbocycles. The van der Waals surface area contributed by atoms with E-state index < -0.39 is 64.2 Å². The highest BCUT2D eigenvalue weighted by molar-refractivity contribution is 9.09. The lowest BCUT2D eigenvalue weighted by atomic mass is 9.87. The number of hydrogen-bond acceptors (Lipinski definition) is 3. The van der Waals surface area contributed by atoms with Gasteiger partial charge in [-0.05, 0) is 29.8 Å². The van der Waals surface area contributed by atoms with Crippen molar-refractivity contribution in [2.45, 2.75) is 28.6 Å². The van der Waals surface area contributed by atoms with Crippen molar-refractivity contribution in [1.29, 1.82) is 0 Å². The van der Waals surface area contributed by atoms with Crippen molar-refractivity contribution in [1.82, 2.24) is 10.2 Å². The molecular weight excluding hydrogens is 624 g/mol. The number of nitrogens with zero attached hydrogens (tertiary/aromatic N) is 1. The van der Waals surface area contributed by atoms with Crippen LogP contribution in [0.1, 0.15) is 15.9 Å². The molecule has 0 spiro atoms. The average molecular weight is 640 g/mol. The molecule has 0 bridgehead atoms. The number of hydrogen-bond donors (Lipinski definition) is 2. The SMILES string of the molecule is CN(CC(F)(F)F)C(=O)C(=O)NC(Br)(c1cccc(NC(=O)c2ccccc2)c1)C(F)(C(F)(F)F)C(F)(F)F. The van der Waals surface area contributed by atoms with Crippen LogP contribution in [-0.2, 0) is 14.0 Å². The van der Waals surface area contributed by atoms with E-state index in [-0.39, 0.29) is 10.5 Å². The van der Waals surface area contributed by atoms with Gasteiger partial charge >= 0.3 is 36.0 Å². The first-order valence-corrected chi connectivity index (χ1v) is 11.1. The van der Waals surface area contributed by atoms with Gasteiger partial charge in [0.2, 0.25) is 0 Å². The van der Waals surface area contributed by atoms with Crippen LogP contribution in [0.3, 0.4) is 0 Å². The van der Waals surface area contributed by atoms with Gasteiger partial charge < -0.3 is 15.5 Å². The van der Waals surface area contributed by atoms with Crippen LogP contribution in [0.25, 0.3) is 0 Å². The van der Waals surface area contributed by atoms with Crippen LogP contribution >= 0.6 is 15.9 Å². The first-order chi connectivity index (χ1) is 17.6. The van der Waals surface area contributed by atoms with E-state index in [4.69, 9.17) is 0 Å². The van der Waals surface area contributed by atoms with Crippen LogP contribution in [0.4, 0.5) is 49.6 Å². The summed E-state index contributed by atoms with van der Waals surface area (Å²) in [5.74, 6) is -5.54. The molecule has 0 saturated heterocycles. The lowest BCUT2D eigenvalue weighted by Crippen LogP contribution is -2.70. The number of likely N-dealkylation sites (N-methyl/N-ethyl adjacent to an activating group) is 1. The summed E-state index contributed by atoms with van der Waals surface area (Å²) in [5.41, 5.74) is -8.12. The molecule has 17 heteroatoms. The van der Waals surface area contributed by atoms with Crippen molar-refractivity contribution < 1.29 is 58.3 Å². The van der Waals surface area contributed by atoms with Gasteiger partial charge in [0.25, 0.3) is 5.91 Å². The third kappa shape index (κ3) is 6.80. The first kappa shape index (κ1) is 31.8. The highest BCUT2D eigenvalue weighted by Crippen LogP contribution is 2.58. The summed E-state index contributed by atoms with van der Waals surface area (Å²) >= 11 is 1.96. The maximum Gasteiger partial charge on any atom is 0.435 e. The number of amides is 3. The highest BCUT2D eigenvalue weighted by Gasteiger charge is 2.82. The molecule has 0 aliphatic rings. The number of rotatable bonds is 6. The van der Waals surface area contributed by atoms with E-state index in [0.29, 0.717) is 19.2 Å². The van der Waals surface area contributed by atoms with E-state index in [1.165, 1.54) is 24.3 Å². The van der Waals surface area contributed by atoms with Gasteiger partial charge in [0.1, 0.15) is 6.54 Å². The van der Waals surface area contributed by atoms with Crippen LogP contribution in [0.15, 0.2) is 54.6 Å². The molecule has 1 unspecified atom stereocenters. The Morgan fingerprint density at radius 3 is 1.85 bits per heavy atom. The predicted octanol–water partition coefficient (Wildman–Crippen LogP) is 5.46. The molecule has 2 N–H and O–H groups in total. The van der Waals surface area contributed by atoms with E-state index in [0.717, 1.165) is 17.4 Å². The number of alkyl halides is 11. The monoisotopic (exact) mass is 639 g/mol. The summed E-state index contributed by atoms with van der Waals surface area (Å²) < 4.78 is 131. The van der Waals surface area contributed by atoms with Crippen molar-refractivity contribution >= 4 is 39.3 Å². The van der Waals surface area contributed by atoms with Crippen molar-refractivity contribution in [3.63, 3.8) is 0 Å². The number of anilines is 1. The number of carbonyl (C=O) groups excluding carboxylic acids is 3. The summed E-state index contributed by atoms with van der Waals surface area (Å²) in [7, 11) is 0.390. The summed E-state index contributed by atoms with van der Waals surface area (Å²) in [6.07, 6.45) is -18.7. The Morgan fingerprint density at radius 1 is 0.821 bits per heavy atom. The largest absolute Gasteiger partial charge is 0.435 e. The van der Waals surface area contributed by atoms with E-state index in [9.17, 15) is 53.9 Å². The Hall–Kier alpha value is -3.37. The van der Waals surface area contributed by atoms with E-state index in [1.54, 1.807) is 6.07 Å². The molecule has 6 nitrogen and oxygen atoms in total. The summed E-state index contributed by atoms with van der Waals surface area (Å²) in [6.45, 7) is -2.10. The van der Waals surface area contributed by atoms with Crippen molar-refractivity contribution in [3.05, 3.63) is 65.7 Å². The molecule has 2 aromatic rings. The van der Waals surface area contributed by atoms with E-state index in [2.05, 4.69) is 5.32 Å². The van der Waals surface area contributed by atoms with Crippen LogP contribution in [-0.4, -0.2) is 60.4 Å². The first-order valence-electron chi connectivity index (χ1n) is 10.3. The van der Waals surface area contributed by atoms with Crippen LogP contribution in [0, 0.1) is 0 Å². The highest BCUT2D eigenvalue weighted by atomic mass is 79.9. The molecule has 0 aliphatic carbocycles. The number of nitrogens with one attached hydrogen (secondary N) is 2. The molecular formula is C22H16BrF10N3O3. The Balaban J connectivity index is 2.64. The summed E-state index contributed by atoms with van der Waals surface area (Å²) in [4.78, 5) is 36.4. The summed E-state index contributed by atoms with van der Waals surface area (Å²) in [5, 5.41) is 3.10. The molecule has 3 amide bonds. The van der Waals surface area contributed by atoms with Crippen molar-refractivity contribution in [3.8, 4) is 0 Å². The maximum absolute atomic E-state index is 15.4. The molecule has 0 aliphatic heterocycles. The normalized spacial score (nSPS) is 14.3. The van der Waals surface area contributed by atoms with Gasteiger partial charge in [-0.15, -0.1) is 0 Å². The molecule has 0 saturated carbocycles. The zero-order valence-corrected chi connectivity index (χ0v) is 20.8. The molecule has 39 heavy (non-hydrogen) atoms. The second-order valence-electron chi connectivity index (χ2n) is 7.94. The molecule has 214 valence electrons. The Bertz CT molecular complexity index is 1200. The Labute approximate surface area is 221 Å². The maximum atomic E-state index is 15.4. The number of carbonyl (C=O) groups is 3. The van der Waals surface area contributed by atoms with Gasteiger partial charge in [-0.25, -0.2) is 4.39 Å². The van der Waals surface area contributed by atoms with E-state index in [1.807, 2.05) is 15.9 Å². The second kappa shape index (κ2) is 11.0. The van der Waals surface area contributed by atoms with Gasteiger partial charge in [-0.2, -0.15) is 39.5 Å². The zero-order chi connectivity index (χ0) is 30.0. The van der Waals surface area contributed by atoms with E-state index >= 15 is 4.39 Å². The number of halogens is 11. The summed E-state index contributed by atoms with van der Waals surface area (Å²) in [6, 6.07) is 9.79. The molecule has 0 aromatic heterocycles. The zero-order valence-electron chi connectivity index (χ0n) is 19.2. The second-order valence-corrected chi connectivity index (χ2v) is 9.13. The van der Waals surface area contributed by atoms with Gasteiger partial charge in [-0.1, -0.05) is 46.3 Å². The Kier molecular flexibility index (Phi) is 8.99. The lowest BCUT2D eigenvalue weighted by Gasteiger charge is -2.43. The average Bonchev–Trinajstić information content (AvgIpc) is 2.81. The predicted molar refractivity (Wildman–Crippen MR) is 119 cm³/mol. The van der Waals surface area contributed by atoms with Gasteiger partial charge in [0.05, 0.1) is 0 Å². The van der Waals surface area contributed by atoms with Gasteiger partial charge in [-0.3, -0.25) is 14.4 Å². The third-order valence-electron chi connectivity index (χ3n) is 5.05. The third-order valence-corrected chi connectivity index (χ3v) is 6.26. The minimum Gasteiger partial charge on any atom is -0.328 e. The fourth-order valence-electron chi connectivity index (χ4n) is 3.24. The van der Waals surface area contributed by atoms with Crippen LogP contribution in [0.5, 0.6) is 0 Å². The van der Waals surface area contributed by atoms with Crippen molar-refractivity contribution in [2.24, 2.45) is 0 Å². The van der Waals surface area contributed by atoms with Gasteiger partial charge in [0.15, 0.2) is 4.45 Å². The van der Waals surface area contributed by atoms with Crippen LogP contribution in [0.2, 0.25) is 0 Å². The molecule has 0 radical (unpaired) electrons. The molecule has 0 fully saturated rings. The topological polar surface area (TPSA) is 78.5 Å². The van der Waals surface area contributed by atoms with Gasteiger partial charge in [0, 0.05) is 18.3 Å². The van der Waals surface area contributed by atoms with Crippen LogP contribution < -0.4 is 10.6 Å². The quantitative estimate of drug-likeness (QED) is 0.191. The fraction of sp³-hybridized carbons (Fsp3) is 0.318. The Morgan fingerprint density at radius 2 is 1.36 bits per heavy atom. The smallest absolute Gasteiger partial charge is 0.328 e. The van der Waals surface area contributed by atoms with Crippen molar-refractivity contribution in [2.75, 3.05) is 18.9 Å². The number of benzene rings is 2. The fourth-order valence-corrected chi connectivity index (χ4v) is 4.11. The molecule has 0 heterocycles. The standard InChI is InChI=1S/C22H16BrF10N3O3/c1-36(11-18(24,25)26)17(39)16(38)35-19(23,20(27,21(28,29)30)22(31,32)33)13-8-5-9-14(10-13)34-15(37)12-6-3-2-4-7-12/h2-10H,11H2,1H3,(H,34,37)(H,35,38).